The first kappa shape index (κ1) is 10.4. The summed E-state index contributed by atoms with van der Waals surface area (Å²) >= 11 is 0. The van der Waals surface area contributed by atoms with Gasteiger partial charge in [0.25, 0.3) is 0 Å². The third-order valence-electron chi connectivity index (χ3n) is 3.70. The van der Waals surface area contributed by atoms with E-state index in [0.717, 1.165) is 25.0 Å². The van der Waals surface area contributed by atoms with Gasteiger partial charge in [-0.15, -0.1) is 0 Å². The normalized spacial score (nSPS) is 31.1. The lowest BCUT2D eigenvalue weighted by molar-refractivity contribution is 0.154. The molecule has 0 amide bonds. The Morgan fingerprint density at radius 1 is 1.21 bits per heavy atom. The van der Waals surface area contributed by atoms with Crippen LogP contribution in [0.2, 0.25) is 0 Å². The van der Waals surface area contributed by atoms with Gasteiger partial charge in [0.1, 0.15) is 6.67 Å². The Kier molecular flexibility index (Phi) is 3.76. The summed E-state index contributed by atoms with van der Waals surface area (Å²) in [5.41, 5.74) is 0. The van der Waals surface area contributed by atoms with Gasteiger partial charge in [0.2, 0.25) is 0 Å². The lowest BCUT2D eigenvalue weighted by atomic mass is 9.88. The summed E-state index contributed by atoms with van der Waals surface area (Å²) in [6.07, 6.45) is 5.22. The van der Waals surface area contributed by atoms with E-state index >= 15 is 0 Å². The molecule has 14 heavy (non-hydrogen) atoms. The van der Waals surface area contributed by atoms with Gasteiger partial charge in [-0.25, -0.2) is 4.39 Å². The number of nitrogens with zero attached hydrogens (tertiary/aromatic N) is 1. The minimum absolute atomic E-state index is 0.188. The second-order valence-electron chi connectivity index (χ2n) is 4.57. The monoisotopic (exact) mass is 200 g/mol. The number of piperidine rings is 1. The van der Waals surface area contributed by atoms with Crippen LogP contribution in [-0.4, -0.2) is 43.8 Å². The summed E-state index contributed by atoms with van der Waals surface area (Å²) in [7, 11) is 0. The van der Waals surface area contributed by atoms with E-state index in [4.69, 9.17) is 0 Å². The van der Waals surface area contributed by atoms with Crippen LogP contribution < -0.4 is 5.32 Å². The first-order valence-corrected chi connectivity index (χ1v) is 5.92. The Hall–Kier alpha value is -0.150. The van der Waals surface area contributed by atoms with E-state index in [0.29, 0.717) is 6.54 Å². The van der Waals surface area contributed by atoms with E-state index in [-0.39, 0.29) is 6.67 Å². The van der Waals surface area contributed by atoms with E-state index in [2.05, 4.69) is 10.2 Å². The van der Waals surface area contributed by atoms with Crippen molar-refractivity contribution in [1.82, 2.24) is 10.2 Å². The average Bonchev–Trinajstić information content (AvgIpc) is 2.72. The highest BCUT2D eigenvalue weighted by atomic mass is 19.1. The summed E-state index contributed by atoms with van der Waals surface area (Å²) in [5.74, 6) is 0.855. The maximum absolute atomic E-state index is 12.1. The fourth-order valence-corrected chi connectivity index (χ4v) is 2.81. The fourth-order valence-electron chi connectivity index (χ4n) is 2.81. The number of alkyl halides is 1. The van der Waals surface area contributed by atoms with E-state index < -0.39 is 0 Å². The van der Waals surface area contributed by atoms with Crippen molar-refractivity contribution in [3.05, 3.63) is 0 Å². The molecule has 2 heterocycles. The Morgan fingerprint density at radius 2 is 2.00 bits per heavy atom. The van der Waals surface area contributed by atoms with Gasteiger partial charge in [0.05, 0.1) is 0 Å². The van der Waals surface area contributed by atoms with Crippen molar-refractivity contribution >= 4 is 0 Å². The lowest BCUT2D eigenvalue weighted by Gasteiger charge is -2.34. The van der Waals surface area contributed by atoms with Crippen molar-refractivity contribution in [3.8, 4) is 0 Å². The highest BCUT2D eigenvalue weighted by Gasteiger charge is 2.27. The Morgan fingerprint density at radius 3 is 2.57 bits per heavy atom. The topological polar surface area (TPSA) is 15.3 Å². The van der Waals surface area contributed by atoms with E-state index in [1.54, 1.807) is 0 Å². The van der Waals surface area contributed by atoms with Crippen molar-refractivity contribution < 1.29 is 4.39 Å². The molecule has 0 saturated carbocycles. The predicted octanol–water partition coefficient (Wildman–Crippen LogP) is 1.42. The van der Waals surface area contributed by atoms with Gasteiger partial charge in [-0.1, -0.05) is 0 Å². The largest absolute Gasteiger partial charge is 0.314 e. The van der Waals surface area contributed by atoms with Crippen molar-refractivity contribution in [3.63, 3.8) is 0 Å². The molecule has 2 aliphatic rings. The van der Waals surface area contributed by atoms with Crippen molar-refractivity contribution in [2.24, 2.45) is 5.92 Å². The molecular formula is C11H21FN2. The minimum Gasteiger partial charge on any atom is -0.314 e. The molecule has 0 radical (unpaired) electrons. The zero-order valence-corrected chi connectivity index (χ0v) is 8.84. The number of hydrogen-bond donors (Lipinski definition) is 1. The first-order chi connectivity index (χ1) is 6.90. The van der Waals surface area contributed by atoms with Crippen molar-refractivity contribution in [2.75, 3.05) is 32.9 Å². The van der Waals surface area contributed by atoms with Crippen molar-refractivity contribution in [2.45, 2.75) is 31.7 Å². The molecule has 0 aliphatic carbocycles. The smallest absolute Gasteiger partial charge is 0.102 e. The SMILES string of the molecule is FCCN1CCC(C2CCCN2)CC1. The van der Waals surface area contributed by atoms with Crippen LogP contribution in [0, 0.1) is 5.92 Å². The number of rotatable bonds is 3. The average molecular weight is 200 g/mol. The highest BCUT2D eigenvalue weighted by Crippen LogP contribution is 2.25. The summed E-state index contributed by atoms with van der Waals surface area (Å²) in [5, 5.41) is 3.58. The molecule has 0 bridgehead atoms. The van der Waals surface area contributed by atoms with Gasteiger partial charge in [0.15, 0.2) is 0 Å². The fraction of sp³-hybridized carbons (Fsp3) is 1.00. The maximum Gasteiger partial charge on any atom is 0.102 e. The van der Waals surface area contributed by atoms with E-state index in [9.17, 15) is 4.39 Å². The molecule has 2 nitrogen and oxygen atoms in total. The molecule has 0 aromatic rings. The summed E-state index contributed by atoms with van der Waals surface area (Å²) in [6.45, 7) is 3.87. The minimum atomic E-state index is -0.188. The third kappa shape index (κ3) is 2.45. The molecule has 2 aliphatic heterocycles. The zero-order chi connectivity index (χ0) is 9.80. The molecule has 82 valence electrons. The standard InChI is InChI=1S/C11H21FN2/c12-5-9-14-7-3-10(4-8-14)11-2-1-6-13-11/h10-11,13H,1-9H2. The van der Waals surface area contributed by atoms with Crippen LogP contribution in [0.15, 0.2) is 0 Å². The molecule has 1 atom stereocenters. The molecule has 0 aromatic heterocycles. The molecule has 2 saturated heterocycles. The van der Waals surface area contributed by atoms with Gasteiger partial charge < -0.3 is 10.2 Å². The number of hydrogen-bond acceptors (Lipinski definition) is 2. The maximum atomic E-state index is 12.1. The predicted molar refractivity (Wildman–Crippen MR) is 56.2 cm³/mol. The lowest BCUT2D eigenvalue weighted by Crippen LogP contribution is -2.41. The van der Waals surface area contributed by atoms with E-state index in [1.165, 1.54) is 32.2 Å². The molecule has 2 rings (SSSR count). The van der Waals surface area contributed by atoms with Crippen LogP contribution in [0.25, 0.3) is 0 Å². The number of likely N-dealkylation sites (tertiary alicyclic amines) is 1. The Balaban J connectivity index is 1.72. The zero-order valence-electron chi connectivity index (χ0n) is 8.84. The molecule has 1 N–H and O–H groups in total. The van der Waals surface area contributed by atoms with Gasteiger partial charge >= 0.3 is 0 Å². The second kappa shape index (κ2) is 5.08. The van der Waals surface area contributed by atoms with Gasteiger partial charge in [0, 0.05) is 12.6 Å². The highest BCUT2D eigenvalue weighted by molar-refractivity contribution is 4.85. The third-order valence-corrected chi connectivity index (χ3v) is 3.70. The van der Waals surface area contributed by atoms with Crippen LogP contribution in [0.5, 0.6) is 0 Å². The Bertz CT molecular complexity index is 161. The molecular weight excluding hydrogens is 179 g/mol. The van der Waals surface area contributed by atoms with Gasteiger partial charge in [-0.2, -0.15) is 0 Å². The first-order valence-electron chi connectivity index (χ1n) is 5.92. The summed E-state index contributed by atoms with van der Waals surface area (Å²) < 4.78 is 12.1. The van der Waals surface area contributed by atoms with E-state index in [1.807, 2.05) is 0 Å². The molecule has 1 unspecified atom stereocenters. The summed E-state index contributed by atoms with van der Waals surface area (Å²) in [4.78, 5) is 2.26. The Labute approximate surface area is 85.9 Å². The quantitative estimate of drug-likeness (QED) is 0.741. The van der Waals surface area contributed by atoms with Crippen LogP contribution in [-0.2, 0) is 0 Å². The number of nitrogens with one attached hydrogen (secondary N) is 1. The molecule has 2 fully saturated rings. The molecule has 3 heteroatoms. The van der Waals surface area contributed by atoms with Crippen LogP contribution in [0.3, 0.4) is 0 Å². The molecule has 0 spiro atoms. The summed E-state index contributed by atoms with van der Waals surface area (Å²) in [6, 6.07) is 0.766. The van der Waals surface area contributed by atoms with Crippen LogP contribution in [0.4, 0.5) is 4.39 Å². The van der Waals surface area contributed by atoms with Gasteiger partial charge in [-0.05, 0) is 51.2 Å². The second-order valence-corrected chi connectivity index (χ2v) is 4.57. The molecule has 0 aromatic carbocycles. The van der Waals surface area contributed by atoms with Gasteiger partial charge in [-0.3, -0.25) is 0 Å². The van der Waals surface area contributed by atoms with Crippen LogP contribution in [0.1, 0.15) is 25.7 Å². The number of halogens is 1. The van der Waals surface area contributed by atoms with Crippen LogP contribution >= 0.6 is 0 Å². The van der Waals surface area contributed by atoms with Crippen molar-refractivity contribution in [1.29, 1.82) is 0 Å².